The molecule has 1 saturated carbocycles. The molecule has 0 unspecified atom stereocenters. The van der Waals surface area contributed by atoms with Gasteiger partial charge >= 0.3 is 0 Å². The van der Waals surface area contributed by atoms with Gasteiger partial charge in [-0.2, -0.15) is 0 Å². The molecule has 1 aliphatic carbocycles. The van der Waals surface area contributed by atoms with Crippen LogP contribution in [0.25, 0.3) is 4.91 Å². The highest BCUT2D eigenvalue weighted by Crippen LogP contribution is 2.32. The molecule has 5 aliphatic rings. The van der Waals surface area contributed by atoms with E-state index in [1.54, 1.807) is 0 Å². The van der Waals surface area contributed by atoms with Crippen LogP contribution in [0, 0.1) is 6.92 Å². The van der Waals surface area contributed by atoms with Crippen LogP contribution >= 0.6 is 0 Å². The Kier molecular flexibility index (Phi) is 18.0. The van der Waals surface area contributed by atoms with E-state index in [-0.39, 0.29) is 13.0 Å². The zero-order valence-corrected chi connectivity index (χ0v) is 35.9. The molecule has 61 heavy (non-hydrogen) atoms. The highest BCUT2D eigenvalue weighted by atomic mass is 32.2. The van der Waals surface area contributed by atoms with E-state index < -0.39 is 108 Å². The van der Waals surface area contributed by atoms with Crippen LogP contribution in [0.1, 0.15) is 44.2 Å². The van der Waals surface area contributed by atoms with E-state index >= 15 is 0 Å². The summed E-state index contributed by atoms with van der Waals surface area (Å²) in [7, 11) is -3.54. The number of aryl methyl sites for hydroxylation is 1. The van der Waals surface area contributed by atoms with Gasteiger partial charge < -0.3 is 87.4 Å². The van der Waals surface area contributed by atoms with Gasteiger partial charge in [0.05, 0.1) is 12.6 Å². The van der Waals surface area contributed by atoms with Gasteiger partial charge in [-0.05, 0) is 51.8 Å². The number of amidine groups is 1. The maximum atomic E-state index is 12.6. The van der Waals surface area contributed by atoms with E-state index in [0.29, 0.717) is 28.4 Å². The van der Waals surface area contributed by atoms with Gasteiger partial charge in [-0.15, -0.1) is 0 Å². The van der Waals surface area contributed by atoms with Crippen LogP contribution in [0.3, 0.4) is 0 Å². The summed E-state index contributed by atoms with van der Waals surface area (Å²) in [5.41, 5.74) is 26.0. The van der Waals surface area contributed by atoms with Crippen molar-refractivity contribution in [1.82, 2.24) is 14.5 Å². The summed E-state index contributed by atoms with van der Waals surface area (Å²) in [4.78, 5) is 9.90. The summed E-state index contributed by atoms with van der Waals surface area (Å²) in [5.74, 6) is 0.489. The molecule has 1 aromatic rings. The summed E-state index contributed by atoms with van der Waals surface area (Å²) in [5, 5.41) is 70.9. The van der Waals surface area contributed by atoms with Crippen molar-refractivity contribution < 1.29 is 63.1 Å². The Morgan fingerprint density at radius 1 is 0.787 bits per heavy atom. The topological polar surface area (TPSA) is 348 Å². The molecule has 6 rings (SSSR count). The lowest BCUT2D eigenvalue weighted by Crippen LogP contribution is -2.68. The van der Waals surface area contributed by atoms with Crippen molar-refractivity contribution in [1.29, 1.82) is 0 Å². The first-order valence-electron chi connectivity index (χ1n) is 21.0. The van der Waals surface area contributed by atoms with Gasteiger partial charge in [-0.3, -0.25) is 9.71 Å². The lowest BCUT2D eigenvalue weighted by Gasteiger charge is -2.48. The number of piperazine rings is 1. The third kappa shape index (κ3) is 11.9. The lowest BCUT2D eigenvalue weighted by atomic mass is 9.84. The maximum Gasteiger partial charge on any atom is 0.264 e. The molecule has 4 heterocycles. The maximum absolute atomic E-state index is 12.6. The molecule has 15 atom stereocenters. The number of hydrogen-bond donors (Lipinski definition) is 12. The van der Waals surface area contributed by atoms with Crippen molar-refractivity contribution in [2.24, 2.45) is 27.9 Å². The number of aliphatic hydroxyl groups excluding tert-OH is 7. The first-order chi connectivity index (χ1) is 28.9. The van der Waals surface area contributed by atoms with Crippen LogP contribution in [0.4, 0.5) is 0 Å². The highest BCUT2D eigenvalue weighted by Gasteiger charge is 2.51. The van der Waals surface area contributed by atoms with Gasteiger partial charge in [-0.1, -0.05) is 36.8 Å². The normalized spacial score (nSPS) is 39.2. The predicted octanol–water partition coefficient (Wildman–Crippen LogP) is -4.82. The van der Waals surface area contributed by atoms with Gasteiger partial charge in [0.15, 0.2) is 12.6 Å². The van der Waals surface area contributed by atoms with Crippen molar-refractivity contribution in [3.05, 3.63) is 41.0 Å². The van der Waals surface area contributed by atoms with Crippen molar-refractivity contribution in [3.63, 3.8) is 0 Å². The lowest BCUT2D eigenvalue weighted by molar-refractivity contribution is -0.332. The molecule has 0 aromatic heterocycles. The van der Waals surface area contributed by atoms with E-state index in [1.165, 1.54) is 13.0 Å². The van der Waals surface area contributed by atoms with Crippen LogP contribution in [-0.2, 0) is 29.0 Å². The van der Waals surface area contributed by atoms with Crippen LogP contribution in [-0.4, -0.2) is 211 Å². The summed E-state index contributed by atoms with van der Waals surface area (Å²) < 4.78 is 50.0. The quantitative estimate of drug-likeness (QED) is 0.0827. The van der Waals surface area contributed by atoms with Crippen LogP contribution in [0.5, 0.6) is 0 Å². The number of nitrogens with one attached hydrogen (secondary N) is 1. The Balaban J connectivity index is 0.000000234. The third-order valence-corrected chi connectivity index (χ3v) is 13.4. The number of benzene rings is 1. The summed E-state index contributed by atoms with van der Waals surface area (Å²) in [6.07, 6.45) is -14.3. The second-order valence-electron chi connectivity index (χ2n) is 16.5. The molecule has 348 valence electrons. The minimum absolute atomic E-state index is 0.0849. The number of sulfonamides is 1. The van der Waals surface area contributed by atoms with Gasteiger partial charge in [0, 0.05) is 56.9 Å². The fourth-order valence-corrected chi connectivity index (χ4v) is 9.75. The molecule has 4 fully saturated rings. The van der Waals surface area contributed by atoms with Gasteiger partial charge in [0.1, 0.15) is 71.8 Å². The number of ether oxygens (including phenoxy) is 4. The molecule has 16 N–H and O–H groups in total. The number of aliphatic imine (C=N–C) groups is 1. The first-order valence-corrected chi connectivity index (χ1v) is 22.5. The third-order valence-electron chi connectivity index (χ3n) is 11.9. The second-order valence-corrected chi connectivity index (χ2v) is 18.1. The molecule has 0 spiro atoms. The Labute approximate surface area is 357 Å². The van der Waals surface area contributed by atoms with E-state index in [2.05, 4.69) is 26.4 Å². The Morgan fingerprint density at radius 2 is 1.34 bits per heavy atom. The van der Waals surface area contributed by atoms with Crippen LogP contribution < -0.4 is 27.7 Å². The largest absolute Gasteiger partial charge is 0.394 e. The van der Waals surface area contributed by atoms with Gasteiger partial charge in [-0.25, -0.2) is 8.42 Å². The Bertz CT molecular complexity index is 1670. The SMILES string of the molecule is CCCN1CCN(CCCN=C2NS(=O)(=O)C(c3ccc(C)cc3)=C2C)CC1.NC[C@H]1O[C@H](O[C@H]2[C@H](O)[C@@H](O[C@H]3O[C@H](CO)[C@@H](O)[C@H](N)[C@H]3O)[C@H](N)C[C@@H]2N)[C@H](O)[C@@H](O)[C@@H]1O. The van der Waals surface area contributed by atoms with Crippen LogP contribution in [0.2, 0.25) is 0 Å². The molecule has 22 heteroatoms. The van der Waals surface area contributed by atoms with Crippen LogP contribution in [0.15, 0.2) is 34.8 Å². The zero-order valence-electron chi connectivity index (χ0n) is 35.1. The van der Waals surface area contributed by atoms with Crippen molar-refractivity contribution in [3.8, 4) is 0 Å². The van der Waals surface area contributed by atoms with Crippen molar-refractivity contribution in [2.75, 3.05) is 59.0 Å². The fraction of sp³-hybridized carbons (Fsp3) is 0.769. The van der Waals surface area contributed by atoms with E-state index in [9.17, 15) is 44.2 Å². The number of nitrogens with two attached hydrogens (primary N) is 4. The van der Waals surface area contributed by atoms with E-state index in [1.807, 2.05) is 38.1 Å². The minimum atomic E-state index is -3.54. The standard InChI is InChI=1S/C21H32N4O2S.C18H36N4O11/c1-4-11-24-13-15-25(16-14-24)12-5-10-22-21-18(3)20(28(26,27)23-21)19-8-6-17(2)7-9-19;19-2-6-10(25)12(27)13(28)18(30-6)33-16-5(21)1-4(20)15(14(16)29)32-17-11(26)8(22)9(24)7(3-23)31-17/h6-9H,4-5,10-16H2,1-3H3,(H,22,23);4-18,23-29H,1-3,19-22H2/t;4-,5+,6-,7-,8+,9-,10-,11-,12+,13-,14-,15+,16-,17-,18-/m.1/s1. The monoisotopic (exact) mass is 888 g/mol. The number of hydrogen-bond acceptors (Lipinski definition) is 20. The van der Waals surface area contributed by atoms with E-state index in [4.69, 9.17) is 41.9 Å². The second kappa shape index (κ2) is 22.1. The van der Waals surface area contributed by atoms with Crippen molar-refractivity contribution >= 4 is 20.8 Å². The molecule has 0 amide bonds. The molecule has 3 saturated heterocycles. The molecule has 0 bridgehead atoms. The minimum Gasteiger partial charge on any atom is -0.394 e. The number of aliphatic hydroxyl groups is 7. The Hall–Kier alpha value is -2.30. The average molecular weight is 889 g/mol. The number of rotatable bonds is 13. The van der Waals surface area contributed by atoms with Gasteiger partial charge in [0.2, 0.25) is 0 Å². The highest BCUT2D eigenvalue weighted by molar-refractivity contribution is 8.00. The molecule has 21 nitrogen and oxygen atoms in total. The molecular formula is C39H68N8O13S. The molecule has 4 aliphatic heterocycles. The van der Waals surface area contributed by atoms with E-state index in [0.717, 1.165) is 44.7 Å². The molecular weight excluding hydrogens is 821 g/mol. The number of nitrogens with zero attached hydrogens (tertiary/aromatic N) is 3. The summed E-state index contributed by atoms with van der Waals surface area (Å²) >= 11 is 0. The predicted molar refractivity (Wildman–Crippen MR) is 224 cm³/mol. The molecule has 0 radical (unpaired) electrons. The average Bonchev–Trinajstić information content (AvgIpc) is 3.47. The summed E-state index contributed by atoms with van der Waals surface area (Å²) in [6.45, 7) is 12.6. The zero-order chi connectivity index (χ0) is 44.8. The first kappa shape index (κ1) is 49.7. The Morgan fingerprint density at radius 3 is 1.90 bits per heavy atom. The fourth-order valence-electron chi connectivity index (χ4n) is 8.23. The summed E-state index contributed by atoms with van der Waals surface area (Å²) in [6, 6.07) is 4.71. The molecule has 1 aromatic carbocycles. The van der Waals surface area contributed by atoms with Crippen molar-refractivity contribution in [2.45, 2.75) is 132 Å². The van der Waals surface area contributed by atoms with Gasteiger partial charge in [0.25, 0.3) is 10.0 Å². The smallest absolute Gasteiger partial charge is 0.264 e.